The van der Waals surface area contributed by atoms with Crippen molar-refractivity contribution in [3.63, 3.8) is 0 Å². The van der Waals surface area contributed by atoms with Crippen LogP contribution in [0.1, 0.15) is 25.3 Å². The second-order valence-electron chi connectivity index (χ2n) is 4.90. The van der Waals surface area contributed by atoms with Gasteiger partial charge in [0.15, 0.2) is 0 Å². The Morgan fingerprint density at radius 3 is 2.75 bits per heavy atom. The second-order valence-corrected chi connectivity index (χ2v) is 5.31. The van der Waals surface area contributed by atoms with E-state index in [1.54, 1.807) is 12.1 Å². The van der Waals surface area contributed by atoms with Crippen LogP contribution in [0.2, 0.25) is 5.02 Å². The smallest absolute Gasteiger partial charge is 0.119 e. The van der Waals surface area contributed by atoms with E-state index in [0.717, 1.165) is 12.0 Å². The highest BCUT2D eigenvalue weighted by Crippen LogP contribution is 2.21. The van der Waals surface area contributed by atoms with Gasteiger partial charge < -0.3 is 20.3 Å². The summed E-state index contributed by atoms with van der Waals surface area (Å²) in [5, 5.41) is 22.7. The molecule has 0 fully saturated rings. The van der Waals surface area contributed by atoms with Gasteiger partial charge in [-0.2, -0.15) is 0 Å². The quantitative estimate of drug-likeness (QED) is 0.654. The lowest BCUT2D eigenvalue weighted by molar-refractivity contribution is 0.102. The Hall–Kier alpha value is -0.810. The molecule has 0 aromatic heterocycles. The number of ether oxygens (including phenoxy) is 1. The van der Waals surface area contributed by atoms with E-state index in [1.807, 2.05) is 19.9 Å². The molecule has 0 aliphatic heterocycles. The maximum atomic E-state index is 9.87. The molecule has 0 aliphatic rings. The van der Waals surface area contributed by atoms with Gasteiger partial charge in [-0.05, 0) is 43.5 Å². The molecule has 0 amide bonds. The number of aliphatic hydroxyl groups excluding tert-OH is 2. The van der Waals surface area contributed by atoms with Crippen LogP contribution in [0.15, 0.2) is 18.2 Å². The molecule has 0 aliphatic carbocycles. The number of aryl methyl sites for hydroxylation is 1. The minimum atomic E-state index is -0.585. The third-order valence-electron chi connectivity index (χ3n) is 3.18. The Kier molecular flexibility index (Phi) is 7.92. The van der Waals surface area contributed by atoms with Crippen molar-refractivity contribution >= 4 is 11.6 Å². The van der Waals surface area contributed by atoms with Gasteiger partial charge in [-0.25, -0.2) is 0 Å². The Morgan fingerprint density at radius 1 is 1.40 bits per heavy atom. The average Bonchev–Trinajstić information content (AvgIpc) is 2.44. The average molecular weight is 302 g/mol. The normalized spacial score (nSPS) is 14.1. The van der Waals surface area contributed by atoms with Gasteiger partial charge in [0.25, 0.3) is 0 Å². The highest BCUT2D eigenvalue weighted by molar-refractivity contribution is 6.31. The maximum Gasteiger partial charge on any atom is 0.119 e. The van der Waals surface area contributed by atoms with Crippen LogP contribution in [-0.4, -0.2) is 42.1 Å². The van der Waals surface area contributed by atoms with Crippen molar-refractivity contribution in [3.8, 4) is 5.75 Å². The SMILES string of the molecule is CCC(CCO)NCC(O)COc1ccc(Cl)c(C)c1. The zero-order valence-corrected chi connectivity index (χ0v) is 12.9. The van der Waals surface area contributed by atoms with E-state index in [4.69, 9.17) is 21.4 Å². The molecular formula is C15H24ClNO3. The van der Waals surface area contributed by atoms with Gasteiger partial charge in [-0.15, -0.1) is 0 Å². The second kappa shape index (κ2) is 9.19. The molecule has 0 saturated heterocycles. The van der Waals surface area contributed by atoms with E-state index < -0.39 is 6.10 Å². The number of hydrogen-bond acceptors (Lipinski definition) is 4. The number of hydrogen-bond donors (Lipinski definition) is 3. The van der Waals surface area contributed by atoms with Crippen molar-refractivity contribution in [1.82, 2.24) is 5.32 Å². The summed E-state index contributed by atoms with van der Waals surface area (Å²) >= 11 is 5.94. The Labute approximate surface area is 125 Å². The van der Waals surface area contributed by atoms with Crippen molar-refractivity contribution in [1.29, 1.82) is 0 Å². The molecule has 0 saturated carbocycles. The van der Waals surface area contributed by atoms with Crippen molar-refractivity contribution in [2.75, 3.05) is 19.8 Å². The van der Waals surface area contributed by atoms with E-state index in [-0.39, 0.29) is 19.3 Å². The largest absolute Gasteiger partial charge is 0.491 e. The lowest BCUT2D eigenvalue weighted by atomic mass is 10.1. The number of halogens is 1. The van der Waals surface area contributed by atoms with Gasteiger partial charge in [-0.1, -0.05) is 18.5 Å². The van der Waals surface area contributed by atoms with E-state index in [9.17, 15) is 5.11 Å². The topological polar surface area (TPSA) is 61.7 Å². The van der Waals surface area contributed by atoms with Crippen molar-refractivity contribution < 1.29 is 14.9 Å². The zero-order chi connectivity index (χ0) is 15.0. The number of nitrogens with one attached hydrogen (secondary N) is 1. The number of benzene rings is 1. The lowest BCUT2D eigenvalue weighted by Crippen LogP contribution is -2.38. The third kappa shape index (κ3) is 6.09. The molecule has 0 spiro atoms. The first-order valence-corrected chi connectivity index (χ1v) is 7.35. The molecule has 1 aromatic rings. The van der Waals surface area contributed by atoms with Crippen LogP contribution in [0.4, 0.5) is 0 Å². The van der Waals surface area contributed by atoms with Gasteiger partial charge in [-0.3, -0.25) is 0 Å². The molecule has 2 unspecified atom stereocenters. The summed E-state index contributed by atoms with van der Waals surface area (Å²) in [6.07, 6.45) is 1.03. The molecule has 1 rings (SSSR count). The molecule has 0 radical (unpaired) electrons. The molecule has 5 heteroatoms. The lowest BCUT2D eigenvalue weighted by Gasteiger charge is -2.19. The molecule has 0 heterocycles. The fraction of sp³-hybridized carbons (Fsp3) is 0.600. The molecule has 2 atom stereocenters. The summed E-state index contributed by atoms with van der Waals surface area (Å²) in [5.41, 5.74) is 0.950. The number of aliphatic hydroxyl groups is 2. The predicted octanol–water partition coefficient (Wildman–Crippen LogP) is 2.14. The fourth-order valence-corrected chi connectivity index (χ4v) is 1.98. The van der Waals surface area contributed by atoms with Gasteiger partial charge in [0.1, 0.15) is 18.5 Å². The number of rotatable bonds is 9. The molecule has 114 valence electrons. The first-order chi connectivity index (χ1) is 9.56. The minimum Gasteiger partial charge on any atom is -0.491 e. The van der Waals surface area contributed by atoms with E-state index >= 15 is 0 Å². The summed E-state index contributed by atoms with van der Waals surface area (Å²) in [5.74, 6) is 0.702. The first-order valence-electron chi connectivity index (χ1n) is 6.98. The van der Waals surface area contributed by atoms with Crippen molar-refractivity contribution in [2.24, 2.45) is 0 Å². The highest BCUT2D eigenvalue weighted by Gasteiger charge is 2.10. The van der Waals surface area contributed by atoms with Gasteiger partial charge >= 0.3 is 0 Å². The molecule has 20 heavy (non-hydrogen) atoms. The van der Waals surface area contributed by atoms with Crippen molar-refractivity contribution in [2.45, 2.75) is 38.8 Å². The van der Waals surface area contributed by atoms with Crippen LogP contribution in [0.25, 0.3) is 0 Å². The summed E-state index contributed by atoms with van der Waals surface area (Å²) in [6.45, 7) is 4.79. The Balaban J connectivity index is 2.31. The molecule has 0 bridgehead atoms. The van der Waals surface area contributed by atoms with Crippen LogP contribution in [-0.2, 0) is 0 Å². The van der Waals surface area contributed by atoms with Crippen LogP contribution in [0.3, 0.4) is 0 Å². The highest BCUT2D eigenvalue weighted by atomic mass is 35.5. The summed E-state index contributed by atoms with van der Waals surface area (Å²) in [7, 11) is 0. The zero-order valence-electron chi connectivity index (χ0n) is 12.1. The molecular weight excluding hydrogens is 278 g/mol. The summed E-state index contributed by atoms with van der Waals surface area (Å²) in [4.78, 5) is 0. The third-order valence-corrected chi connectivity index (χ3v) is 3.61. The molecule has 4 nitrogen and oxygen atoms in total. The minimum absolute atomic E-state index is 0.155. The van der Waals surface area contributed by atoms with Crippen LogP contribution >= 0.6 is 11.6 Å². The van der Waals surface area contributed by atoms with Gasteiger partial charge in [0, 0.05) is 24.2 Å². The Bertz CT molecular complexity index is 401. The summed E-state index contributed by atoms with van der Waals surface area (Å²) in [6, 6.07) is 5.65. The van der Waals surface area contributed by atoms with E-state index in [1.165, 1.54) is 0 Å². The van der Waals surface area contributed by atoms with Crippen LogP contribution < -0.4 is 10.1 Å². The van der Waals surface area contributed by atoms with E-state index in [2.05, 4.69) is 5.32 Å². The fourth-order valence-electron chi connectivity index (χ4n) is 1.87. The predicted molar refractivity (Wildman–Crippen MR) is 81.5 cm³/mol. The Morgan fingerprint density at radius 2 is 2.15 bits per heavy atom. The van der Waals surface area contributed by atoms with Crippen molar-refractivity contribution in [3.05, 3.63) is 28.8 Å². The molecule has 3 N–H and O–H groups in total. The molecule has 1 aromatic carbocycles. The maximum absolute atomic E-state index is 9.87. The monoisotopic (exact) mass is 301 g/mol. The standard InChI is InChI=1S/C15H24ClNO3/c1-3-12(6-7-18)17-9-13(19)10-20-14-4-5-15(16)11(2)8-14/h4-5,8,12-13,17-19H,3,6-7,9-10H2,1-2H3. The van der Waals surface area contributed by atoms with Gasteiger partial charge in [0.05, 0.1) is 0 Å². The van der Waals surface area contributed by atoms with Crippen LogP contribution in [0.5, 0.6) is 5.75 Å². The van der Waals surface area contributed by atoms with E-state index in [0.29, 0.717) is 23.7 Å². The summed E-state index contributed by atoms with van der Waals surface area (Å²) < 4.78 is 5.53. The van der Waals surface area contributed by atoms with Crippen LogP contribution in [0, 0.1) is 6.92 Å². The first kappa shape index (κ1) is 17.2. The van der Waals surface area contributed by atoms with Gasteiger partial charge in [0.2, 0.25) is 0 Å².